The molecule has 0 bridgehead atoms. The van der Waals surface area contributed by atoms with Crippen LogP contribution >= 0.6 is 22.9 Å². The maximum absolute atomic E-state index is 12.3. The molecule has 4 rings (SSSR count). The van der Waals surface area contributed by atoms with Gasteiger partial charge in [-0.3, -0.25) is 9.20 Å². The Morgan fingerprint density at radius 3 is 3.14 bits per heavy atom. The number of fused-ring (bicyclic) bond motifs is 2. The standard InChI is InChI=1S/C15H10ClN3O2S/c1-21-8-2-3-11-9(6-8)10(14(20)17-11)7-12-13(16)18-15-19(12)4-5-22-15/h2-7H,1H3,(H,17,20)/b10-7-. The molecule has 0 aliphatic carbocycles. The second-order valence-corrected chi connectivity index (χ2v) is 6.00. The van der Waals surface area contributed by atoms with Crippen molar-refractivity contribution in [2.75, 3.05) is 12.4 Å². The number of thiazole rings is 1. The van der Waals surface area contributed by atoms with E-state index in [1.54, 1.807) is 13.2 Å². The molecule has 0 spiro atoms. The van der Waals surface area contributed by atoms with Crippen LogP contribution in [0.25, 0.3) is 16.6 Å². The Bertz CT molecular complexity index is 942. The van der Waals surface area contributed by atoms with E-state index in [-0.39, 0.29) is 5.91 Å². The number of anilines is 1. The molecule has 3 heterocycles. The SMILES string of the molecule is COc1ccc2c(c1)/C(=C/c1c(Cl)nc3sccn13)C(=O)N2. The number of nitrogens with one attached hydrogen (secondary N) is 1. The molecule has 22 heavy (non-hydrogen) atoms. The number of imidazole rings is 1. The summed E-state index contributed by atoms with van der Waals surface area (Å²) in [5, 5.41) is 5.14. The largest absolute Gasteiger partial charge is 0.497 e. The Morgan fingerprint density at radius 2 is 2.32 bits per heavy atom. The van der Waals surface area contributed by atoms with Crippen molar-refractivity contribution in [1.29, 1.82) is 0 Å². The number of methoxy groups -OCH3 is 1. The maximum atomic E-state index is 12.3. The fourth-order valence-corrected chi connectivity index (χ4v) is 3.48. The maximum Gasteiger partial charge on any atom is 0.256 e. The van der Waals surface area contributed by atoms with Crippen molar-refractivity contribution in [3.8, 4) is 5.75 Å². The summed E-state index contributed by atoms with van der Waals surface area (Å²) in [6.07, 6.45) is 3.64. The van der Waals surface area contributed by atoms with Gasteiger partial charge in [-0.1, -0.05) is 11.6 Å². The summed E-state index contributed by atoms with van der Waals surface area (Å²) in [6.45, 7) is 0. The van der Waals surface area contributed by atoms with E-state index in [0.717, 1.165) is 16.2 Å². The zero-order chi connectivity index (χ0) is 15.3. The first kappa shape index (κ1) is 13.4. The highest BCUT2D eigenvalue weighted by molar-refractivity contribution is 7.15. The van der Waals surface area contributed by atoms with Crippen LogP contribution in [0.4, 0.5) is 5.69 Å². The Balaban J connectivity index is 1.91. The molecular formula is C15H10ClN3O2S. The van der Waals surface area contributed by atoms with Crippen molar-refractivity contribution in [2.24, 2.45) is 0 Å². The third-order valence-electron chi connectivity index (χ3n) is 3.54. The lowest BCUT2D eigenvalue weighted by atomic mass is 10.1. The lowest BCUT2D eigenvalue weighted by Crippen LogP contribution is -2.03. The van der Waals surface area contributed by atoms with Gasteiger partial charge in [0.1, 0.15) is 5.75 Å². The summed E-state index contributed by atoms with van der Waals surface area (Å²) in [5.74, 6) is 0.533. The molecule has 0 fully saturated rings. The second-order valence-electron chi connectivity index (χ2n) is 4.77. The van der Waals surface area contributed by atoms with Crippen LogP contribution in [0.15, 0.2) is 29.8 Å². The van der Waals surface area contributed by atoms with Gasteiger partial charge in [-0.2, -0.15) is 0 Å². The summed E-state index contributed by atoms with van der Waals surface area (Å²) < 4.78 is 7.10. The molecule has 110 valence electrons. The predicted octanol–water partition coefficient (Wildman–Crippen LogP) is 3.55. The summed E-state index contributed by atoms with van der Waals surface area (Å²) in [5.41, 5.74) is 2.80. The van der Waals surface area contributed by atoms with Crippen LogP contribution in [0, 0.1) is 0 Å². The summed E-state index contributed by atoms with van der Waals surface area (Å²) in [4.78, 5) is 17.3. The zero-order valence-corrected chi connectivity index (χ0v) is 13.0. The van der Waals surface area contributed by atoms with E-state index in [9.17, 15) is 4.79 Å². The number of ether oxygens (including phenoxy) is 1. The van der Waals surface area contributed by atoms with E-state index in [1.807, 2.05) is 34.2 Å². The molecule has 0 radical (unpaired) electrons. The molecule has 0 atom stereocenters. The van der Waals surface area contributed by atoms with Crippen LogP contribution < -0.4 is 10.1 Å². The molecule has 7 heteroatoms. The quantitative estimate of drug-likeness (QED) is 0.731. The number of aromatic nitrogens is 2. The number of amides is 1. The van der Waals surface area contributed by atoms with E-state index in [1.165, 1.54) is 11.3 Å². The van der Waals surface area contributed by atoms with Crippen LogP contribution in [0.2, 0.25) is 5.15 Å². The van der Waals surface area contributed by atoms with Gasteiger partial charge in [0.25, 0.3) is 5.91 Å². The Labute approximate surface area is 134 Å². The third kappa shape index (κ3) is 1.92. The van der Waals surface area contributed by atoms with Crippen molar-refractivity contribution in [3.05, 3.63) is 46.2 Å². The molecule has 2 aromatic heterocycles. The minimum atomic E-state index is -0.163. The summed E-state index contributed by atoms with van der Waals surface area (Å²) >= 11 is 7.68. The van der Waals surface area contributed by atoms with Crippen molar-refractivity contribution in [2.45, 2.75) is 0 Å². The first-order valence-electron chi connectivity index (χ1n) is 6.50. The average Bonchev–Trinajstić information content (AvgIpc) is 3.15. The Morgan fingerprint density at radius 1 is 1.45 bits per heavy atom. The van der Waals surface area contributed by atoms with Crippen molar-refractivity contribution in [3.63, 3.8) is 0 Å². The number of halogens is 1. The minimum absolute atomic E-state index is 0.163. The number of hydrogen-bond acceptors (Lipinski definition) is 4. The Kier molecular flexibility index (Phi) is 2.95. The monoisotopic (exact) mass is 331 g/mol. The van der Waals surface area contributed by atoms with Gasteiger partial charge < -0.3 is 10.1 Å². The van der Waals surface area contributed by atoms with Crippen LogP contribution in [-0.4, -0.2) is 22.4 Å². The Hall–Kier alpha value is -2.31. The molecule has 1 aromatic carbocycles. The van der Waals surface area contributed by atoms with Gasteiger partial charge in [-0.25, -0.2) is 4.98 Å². The number of rotatable bonds is 2. The van der Waals surface area contributed by atoms with Gasteiger partial charge >= 0.3 is 0 Å². The van der Waals surface area contributed by atoms with Gasteiger partial charge in [0.2, 0.25) is 0 Å². The molecule has 1 amide bonds. The highest BCUT2D eigenvalue weighted by atomic mass is 35.5. The zero-order valence-electron chi connectivity index (χ0n) is 11.5. The number of nitrogens with zero attached hydrogens (tertiary/aromatic N) is 2. The molecular weight excluding hydrogens is 322 g/mol. The van der Waals surface area contributed by atoms with E-state index >= 15 is 0 Å². The van der Waals surface area contributed by atoms with E-state index in [4.69, 9.17) is 16.3 Å². The summed E-state index contributed by atoms with van der Waals surface area (Å²) in [7, 11) is 1.60. The van der Waals surface area contributed by atoms with Gasteiger partial charge in [0, 0.05) is 22.8 Å². The van der Waals surface area contributed by atoms with Crippen LogP contribution in [0.1, 0.15) is 11.3 Å². The highest BCUT2D eigenvalue weighted by Gasteiger charge is 2.25. The van der Waals surface area contributed by atoms with Gasteiger partial charge in [0.05, 0.1) is 18.4 Å². The van der Waals surface area contributed by atoms with Crippen molar-refractivity contribution in [1.82, 2.24) is 9.38 Å². The molecule has 0 saturated carbocycles. The lowest BCUT2D eigenvalue weighted by Gasteiger charge is -2.03. The molecule has 0 unspecified atom stereocenters. The number of carbonyl (C=O) groups is 1. The number of hydrogen-bond donors (Lipinski definition) is 1. The summed E-state index contributed by atoms with van der Waals surface area (Å²) in [6, 6.07) is 5.47. The first-order chi connectivity index (χ1) is 10.7. The van der Waals surface area contributed by atoms with Crippen LogP contribution in [0.5, 0.6) is 5.75 Å². The normalized spacial score (nSPS) is 15.4. The van der Waals surface area contributed by atoms with E-state index in [2.05, 4.69) is 10.3 Å². The van der Waals surface area contributed by atoms with Crippen molar-refractivity contribution < 1.29 is 9.53 Å². The molecule has 3 aromatic rings. The van der Waals surface area contributed by atoms with Gasteiger partial charge in [-0.05, 0) is 24.3 Å². The smallest absolute Gasteiger partial charge is 0.256 e. The second kappa shape index (κ2) is 4.86. The molecule has 1 aliphatic heterocycles. The van der Waals surface area contributed by atoms with Crippen LogP contribution in [0.3, 0.4) is 0 Å². The highest BCUT2D eigenvalue weighted by Crippen LogP contribution is 2.36. The molecule has 1 N–H and O–H groups in total. The molecule has 0 saturated heterocycles. The third-order valence-corrected chi connectivity index (χ3v) is 4.58. The first-order valence-corrected chi connectivity index (χ1v) is 7.75. The van der Waals surface area contributed by atoms with Crippen molar-refractivity contribution >= 4 is 51.1 Å². The van der Waals surface area contributed by atoms with E-state index < -0.39 is 0 Å². The number of carbonyl (C=O) groups excluding carboxylic acids is 1. The fraction of sp³-hybridized carbons (Fsp3) is 0.0667. The van der Waals surface area contributed by atoms with E-state index in [0.29, 0.717) is 22.2 Å². The average molecular weight is 332 g/mol. The van der Waals surface area contributed by atoms with Crippen LogP contribution in [-0.2, 0) is 4.79 Å². The van der Waals surface area contributed by atoms with Gasteiger partial charge in [0.15, 0.2) is 10.1 Å². The topological polar surface area (TPSA) is 55.6 Å². The predicted molar refractivity (Wildman–Crippen MR) is 87.6 cm³/mol. The minimum Gasteiger partial charge on any atom is -0.497 e. The number of benzene rings is 1. The molecule has 1 aliphatic rings. The fourth-order valence-electron chi connectivity index (χ4n) is 2.48. The van der Waals surface area contributed by atoms with Gasteiger partial charge in [-0.15, -0.1) is 11.3 Å². The lowest BCUT2D eigenvalue weighted by molar-refractivity contribution is -0.110. The molecule has 5 nitrogen and oxygen atoms in total.